The Morgan fingerprint density at radius 2 is 1.88 bits per heavy atom. The van der Waals surface area contributed by atoms with Crippen molar-refractivity contribution >= 4 is 5.97 Å². The van der Waals surface area contributed by atoms with Crippen LogP contribution in [0.25, 0.3) is 0 Å². The Labute approximate surface area is 144 Å². The molecule has 0 radical (unpaired) electrons. The Kier molecular flexibility index (Phi) is 10.3. The summed E-state index contributed by atoms with van der Waals surface area (Å²) in [5, 5.41) is 6.25. The molecule has 6 nitrogen and oxygen atoms in total. The van der Waals surface area contributed by atoms with E-state index in [0.717, 1.165) is 12.1 Å². The van der Waals surface area contributed by atoms with Crippen molar-refractivity contribution in [3.63, 3.8) is 0 Å². The molecule has 0 saturated carbocycles. The lowest BCUT2D eigenvalue weighted by molar-refractivity contribution is -0.149. The van der Waals surface area contributed by atoms with Gasteiger partial charge in [-0.2, -0.15) is 0 Å². The van der Waals surface area contributed by atoms with Gasteiger partial charge < -0.3 is 19.5 Å². The number of nitrogens with one attached hydrogen (secondary N) is 2. The van der Waals surface area contributed by atoms with Crippen LogP contribution < -0.4 is 10.6 Å². The van der Waals surface area contributed by atoms with Gasteiger partial charge in [0, 0.05) is 20.2 Å². The molecule has 2 atom stereocenters. The fraction of sp³-hybridized carbons (Fsp3) is 0.611. The van der Waals surface area contributed by atoms with E-state index in [-0.39, 0.29) is 12.1 Å². The molecule has 0 fully saturated rings. The van der Waals surface area contributed by atoms with Crippen molar-refractivity contribution in [2.45, 2.75) is 39.1 Å². The van der Waals surface area contributed by atoms with E-state index in [9.17, 15) is 4.79 Å². The summed E-state index contributed by atoms with van der Waals surface area (Å²) in [6.07, 6.45) is -0.260. The van der Waals surface area contributed by atoms with Crippen LogP contribution in [0.4, 0.5) is 0 Å². The zero-order valence-corrected chi connectivity index (χ0v) is 15.1. The minimum absolute atomic E-state index is 0.260. The summed E-state index contributed by atoms with van der Waals surface area (Å²) < 4.78 is 15.9. The van der Waals surface area contributed by atoms with Crippen LogP contribution in [-0.2, 0) is 32.2 Å². The van der Waals surface area contributed by atoms with E-state index in [1.54, 1.807) is 14.0 Å². The summed E-state index contributed by atoms with van der Waals surface area (Å²) in [4.78, 5) is 11.9. The highest BCUT2D eigenvalue weighted by molar-refractivity contribution is 5.76. The Morgan fingerprint density at radius 1 is 1.21 bits per heavy atom. The Bertz CT molecular complexity index is 465. The number of carbonyl (C=O) groups is 1. The smallest absolute Gasteiger partial charge is 0.325 e. The fourth-order valence-corrected chi connectivity index (χ4v) is 2.24. The molecule has 0 aliphatic heterocycles. The van der Waals surface area contributed by atoms with Crippen LogP contribution >= 0.6 is 0 Å². The predicted octanol–water partition coefficient (Wildman–Crippen LogP) is 1.48. The summed E-state index contributed by atoms with van der Waals surface area (Å²) in [6, 6.07) is 7.82. The quantitative estimate of drug-likeness (QED) is 0.444. The first kappa shape index (κ1) is 20.6. The van der Waals surface area contributed by atoms with Gasteiger partial charge in [-0.3, -0.25) is 10.1 Å². The van der Waals surface area contributed by atoms with Crippen LogP contribution in [0, 0.1) is 0 Å². The van der Waals surface area contributed by atoms with Gasteiger partial charge in [0.15, 0.2) is 0 Å². The molecule has 24 heavy (non-hydrogen) atoms. The zero-order chi connectivity index (χ0) is 17.8. The van der Waals surface area contributed by atoms with E-state index in [1.807, 2.05) is 14.0 Å². The normalized spacial score (nSPS) is 13.5. The molecule has 0 amide bonds. The second-order valence-electron chi connectivity index (χ2n) is 5.52. The lowest BCUT2D eigenvalue weighted by Gasteiger charge is -2.22. The number of methoxy groups -OCH3 is 1. The molecule has 0 heterocycles. The van der Waals surface area contributed by atoms with E-state index in [0.29, 0.717) is 26.4 Å². The number of carbonyl (C=O) groups excluding carboxylic acids is 1. The average Bonchev–Trinajstić information content (AvgIpc) is 2.59. The van der Waals surface area contributed by atoms with Crippen molar-refractivity contribution in [2.75, 3.05) is 33.9 Å². The second-order valence-corrected chi connectivity index (χ2v) is 5.52. The van der Waals surface area contributed by atoms with Crippen molar-refractivity contribution < 1.29 is 19.0 Å². The Morgan fingerprint density at radius 3 is 2.46 bits per heavy atom. The largest absolute Gasteiger partial charge is 0.465 e. The summed E-state index contributed by atoms with van der Waals surface area (Å²) in [7, 11) is 3.50. The highest BCUT2D eigenvalue weighted by Gasteiger charge is 2.25. The number of rotatable bonds is 12. The first-order chi connectivity index (χ1) is 11.6. The van der Waals surface area contributed by atoms with Gasteiger partial charge in [0.1, 0.15) is 6.04 Å². The molecule has 6 heteroatoms. The summed E-state index contributed by atoms with van der Waals surface area (Å²) in [6.45, 7) is 6.44. The molecule has 0 unspecified atom stereocenters. The van der Waals surface area contributed by atoms with Gasteiger partial charge in [-0.25, -0.2) is 0 Å². The van der Waals surface area contributed by atoms with Gasteiger partial charge in [-0.05, 0) is 32.0 Å². The number of esters is 1. The molecule has 0 aliphatic carbocycles. The summed E-state index contributed by atoms with van der Waals surface area (Å²) >= 11 is 0. The van der Waals surface area contributed by atoms with Gasteiger partial charge >= 0.3 is 5.97 Å². The van der Waals surface area contributed by atoms with Gasteiger partial charge in [0.05, 0.1) is 25.9 Å². The Balaban J connectivity index is 2.31. The molecule has 1 aromatic carbocycles. The first-order valence-corrected chi connectivity index (χ1v) is 8.35. The maximum absolute atomic E-state index is 11.9. The van der Waals surface area contributed by atoms with E-state index in [1.165, 1.54) is 5.56 Å². The van der Waals surface area contributed by atoms with E-state index in [4.69, 9.17) is 14.2 Å². The van der Waals surface area contributed by atoms with Gasteiger partial charge in [0.25, 0.3) is 0 Å². The predicted molar refractivity (Wildman–Crippen MR) is 93.8 cm³/mol. The van der Waals surface area contributed by atoms with Crippen LogP contribution in [0.1, 0.15) is 25.0 Å². The van der Waals surface area contributed by atoms with Crippen molar-refractivity contribution in [2.24, 2.45) is 0 Å². The summed E-state index contributed by atoms with van der Waals surface area (Å²) in [5.74, 6) is -0.299. The minimum Gasteiger partial charge on any atom is -0.465 e. The minimum atomic E-state index is -0.487. The first-order valence-electron chi connectivity index (χ1n) is 8.35. The van der Waals surface area contributed by atoms with Crippen molar-refractivity contribution in [1.82, 2.24) is 10.6 Å². The van der Waals surface area contributed by atoms with Gasteiger partial charge in [-0.15, -0.1) is 0 Å². The highest BCUT2D eigenvalue weighted by Crippen LogP contribution is 2.06. The lowest BCUT2D eigenvalue weighted by Crippen LogP contribution is -2.47. The maximum Gasteiger partial charge on any atom is 0.325 e. The molecule has 0 bridgehead atoms. The van der Waals surface area contributed by atoms with Crippen LogP contribution in [0.2, 0.25) is 0 Å². The van der Waals surface area contributed by atoms with Gasteiger partial charge in [0.2, 0.25) is 0 Å². The summed E-state index contributed by atoms with van der Waals surface area (Å²) in [5.41, 5.74) is 2.37. The maximum atomic E-state index is 11.9. The van der Waals surface area contributed by atoms with E-state index in [2.05, 4.69) is 34.9 Å². The third-order valence-corrected chi connectivity index (χ3v) is 3.66. The molecule has 1 aromatic rings. The highest BCUT2D eigenvalue weighted by atomic mass is 16.5. The van der Waals surface area contributed by atoms with Crippen molar-refractivity contribution in [1.29, 1.82) is 0 Å². The average molecular weight is 338 g/mol. The number of ether oxygens (including phenoxy) is 3. The SMILES string of the molecule is CCOC(=O)[C@@H](NCCOCc1ccc(CNC)cc1)[C@@H](C)OC. The number of hydrogen-bond donors (Lipinski definition) is 2. The molecule has 0 aliphatic rings. The van der Waals surface area contributed by atoms with E-state index < -0.39 is 6.04 Å². The Hall–Kier alpha value is -1.47. The molecule has 136 valence electrons. The number of hydrogen-bond acceptors (Lipinski definition) is 6. The molecule has 0 aromatic heterocycles. The van der Waals surface area contributed by atoms with Crippen molar-refractivity contribution in [3.05, 3.63) is 35.4 Å². The second kappa shape index (κ2) is 12.0. The third-order valence-electron chi connectivity index (χ3n) is 3.66. The van der Waals surface area contributed by atoms with Crippen LogP contribution in [0.3, 0.4) is 0 Å². The molecular weight excluding hydrogens is 308 g/mol. The molecular formula is C18H30N2O4. The monoisotopic (exact) mass is 338 g/mol. The number of benzene rings is 1. The molecule has 0 spiro atoms. The van der Waals surface area contributed by atoms with Crippen LogP contribution in [-0.4, -0.2) is 52.0 Å². The molecule has 1 rings (SSSR count). The van der Waals surface area contributed by atoms with Crippen molar-refractivity contribution in [3.8, 4) is 0 Å². The topological polar surface area (TPSA) is 68.8 Å². The third kappa shape index (κ3) is 7.40. The molecule has 2 N–H and O–H groups in total. The van der Waals surface area contributed by atoms with E-state index >= 15 is 0 Å². The zero-order valence-electron chi connectivity index (χ0n) is 15.1. The van der Waals surface area contributed by atoms with Crippen LogP contribution in [0.5, 0.6) is 0 Å². The fourth-order valence-electron chi connectivity index (χ4n) is 2.24. The standard InChI is InChI=1S/C18H30N2O4/c1-5-24-18(21)17(14(2)22-4)20-10-11-23-13-16-8-6-15(7-9-16)12-19-3/h6-9,14,17,19-20H,5,10-13H2,1-4H3/t14-,17+/m1/s1. The molecule has 0 saturated heterocycles. The van der Waals surface area contributed by atoms with Gasteiger partial charge in [-0.1, -0.05) is 24.3 Å². The lowest BCUT2D eigenvalue weighted by atomic mass is 10.1. The van der Waals surface area contributed by atoms with Crippen LogP contribution in [0.15, 0.2) is 24.3 Å².